The van der Waals surface area contributed by atoms with Gasteiger partial charge in [0.2, 0.25) is 0 Å². The lowest BCUT2D eigenvalue weighted by Gasteiger charge is -2.12. The van der Waals surface area contributed by atoms with Gasteiger partial charge in [0.25, 0.3) is 0 Å². The summed E-state index contributed by atoms with van der Waals surface area (Å²) in [4.78, 5) is 0. The molecule has 0 fully saturated rings. The largest absolute Gasteiger partial charge is 0.493 e. The number of nitrogens with two attached hydrogens (primary N) is 1. The van der Waals surface area contributed by atoms with Gasteiger partial charge in [0.15, 0.2) is 10.4 Å². The summed E-state index contributed by atoms with van der Waals surface area (Å²) in [6.07, 6.45) is 3.23. The second-order valence-corrected chi connectivity index (χ2v) is 4.07. The van der Waals surface area contributed by atoms with Crippen LogP contribution < -0.4 is 10.5 Å². The summed E-state index contributed by atoms with van der Waals surface area (Å²) >= 11 is 3.31. The summed E-state index contributed by atoms with van der Waals surface area (Å²) < 4.78 is 12.7. The van der Waals surface area contributed by atoms with Crippen molar-refractivity contribution in [2.75, 3.05) is 7.11 Å². The molecule has 86 valence electrons. The van der Waals surface area contributed by atoms with E-state index in [0.717, 1.165) is 11.3 Å². The number of nitrogens with zero attached hydrogens (tertiary/aromatic N) is 2. The lowest BCUT2D eigenvalue weighted by atomic mass is 10.1. The highest BCUT2D eigenvalue weighted by atomic mass is 79.9. The molecule has 0 aliphatic heterocycles. The van der Waals surface area contributed by atoms with Crippen molar-refractivity contribution < 1.29 is 9.15 Å². The molecule has 0 aliphatic carbocycles. The molecular weight excluding hydrogens is 274 g/mol. The predicted molar refractivity (Wildman–Crippen MR) is 62.2 cm³/mol. The van der Waals surface area contributed by atoms with Crippen LogP contribution in [0.25, 0.3) is 0 Å². The normalized spacial score (nSPS) is 12.8. The molecule has 0 aromatic carbocycles. The van der Waals surface area contributed by atoms with Crippen LogP contribution in [0, 0.1) is 0 Å². The lowest BCUT2D eigenvalue weighted by Crippen LogP contribution is -2.16. The smallest absolute Gasteiger partial charge is 0.174 e. The van der Waals surface area contributed by atoms with Crippen LogP contribution in [0.1, 0.15) is 17.3 Å². The van der Waals surface area contributed by atoms with Gasteiger partial charge in [-0.2, -0.15) is 5.10 Å². The first-order valence-corrected chi connectivity index (χ1v) is 5.48. The molecule has 16 heavy (non-hydrogen) atoms. The van der Waals surface area contributed by atoms with Gasteiger partial charge in [-0.25, -0.2) is 0 Å². The topological polar surface area (TPSA) is 66.2 Å². The number of furan rings is 1. The standard InChI is InChI=1S/C10H12BrN3O2/c1-14-9(7(15-2)5-13-14)8(12)6-3-4-16-10(6)11/h3-5,8H,12H2,1-2H3. The third kappa shape index (κ3) is 1.74. The summed E-state index contributed by atoms with van der Waals surface area (Å²) in [5.74, 6) is 0.670. The summed E-state index contributed by atoms with van der Waals surface area (Å²) in [6, 6.07) is 1.48. The fourth-order valence-corrected chi connectivity index (χ4v) is 2.10. The molecule has 0 radical (unpaired) electrons. The van der Waals surface area contributed by atoms with Crippen molar-refractivity contribution in [1.82, 2.24) is 9.78 Å². The van der Waals surface area contributed by atoms with Crippen molar-refractivity contribution in [3.05, 3.63) is 34.5 Å². The Labute approximate surface area is 101 Å². The number of hydrogen-bond donors (Lipinski definition) is 1. The minimum Gasteiger partial charge on any atom is -0.493 e. The number of aromatic nitrogens is 2. The molecule has 0 amide bonds. The lowest BCUT2D eigenvalue weighted by molar-refractivity contribution is 0.405. The van der Waals surface area contributed by atoms with Gasteiger partial charge in [-0.05, 0) is 22.0 Å². The van der Waals surface area contributed by atoms with E-state index in [1.54, 1.807) is 24.3 Å². The molecule has 0 spiro atoms. The van der Waals surface area contributed by atoms with Crippen LogP contribution in [0.15, 0.2) is 27.6 Å². The van der Waals surface area contributed by atoms with E-state index < -0.39 is 0 Å². The average molecular weight is 286 g/mol. The van der Waals surface area contributed by atoms with E-state index >= 15 is 0 Å². The second-order valence-electron chi connectivity index (χ2n) is 3.35. The maximum Gasteiger partial charge on any atom is 0.174 e. The number of hydrogen-bond acceptors (Lipinski definition) is 4. The molecule has 2 aromatic rings. The van der Waals surface area contributed by atoms with Gasteiger partial charge >= 0.3 is 0 Å². The Morgan fingerprint density at radius 2 is 2.38 bits per heavy atom. The Bertz CT molecular complexity index is 492. The van der Waals surface area contributed by atoms with Gasteiger partial charge in [0, 0.05) is 12.6 Å². The van der Waals surface area contributed by atoms with E-state index in [4.69, 9.17) is 14.9 Å². The SMILES string of the molecule is COc1cnn(C)c1C(N)c1ccoc1Br. The fraction of sp³-hybridized carbons (Fsp3) is 0.300. The van der Waals surface area contributed by atoms with Crippen molar-refractivity contribution >= 4 is 15.9 Å². The van der Waals surface area contributed by atoms with Crippen LogP contribution in [0.5, 0.6) is 5.75 Å². The van der Waals surface area contributed by atoms with Gasteiger partial charge in [0.1, 0.15) is 5.69 Å². The van der Waals surface area contributed by atoms with Crippen molar-refractivity contribution in [1.29, 1.82) is 0 Å². The molecule has 2 rings (SSSR count). The third-order valence-corrected chi connectivity index (χ3v) is 3.09. The molecule has 0 saturated heterocycles. The summed E-state index contributed by atoms with van der Waals surface area (Å²) in [5.41, 5.74) is 7.83. The number of methoxy groups -OCH3 is 1. The molecule has 5 nitrogen and oxygen atoms in total. The Morgan fingerprint density at radius 3 is 2.94 bits per heavy atom. The highest BCUT2D eigenvalue weighted by Crippen LogP contribution is 2.32. The molecule has 1 unspecified atom stereocenters. The van der Waals surface area contributed by atoms with E-state index in [2.05, 4.69) is 21.0 Å². The van der Waals surface area contributed by atoms with E-state index in [-0.39, 0.29) is 6.04 Å². The van der Waals surface area contributed by atoms with Crippen LogP contribution in [0.4, 0.5) is 0 Å². The quantitative estimate of drug-likeness (QED) is 0.934. The monoisotopic (exact) mass is 285 g/mol. The van der Waals surface area contributed by atoms with Crippen molar-refractivity contribution in [2.45, 2.75) is 6.04 Å². The van der Waals surface area contributed by atoms with E-state index in [9.17, 15) is 0 Å². The zero-order valence-electron chi connectivity index (χ0n) is 8.98. The second kappa shape index (κ2) is 4.31. The molecule has 2 aromatic heterocycles. The Morgan fingerprint density at radius 1 is 1.62 bits per heavy atom. The minimum atomic E-state index is -0.337. The Hall–Kier alpha value is -1.27. The molecule has 0 saturated carbocycles. The first-order valence-electron chi connectivity index (χ1n) is 4.69. The highest BCUT2D eigenvalue weighted by Gasteiger charge is 2.21. The molecule has 6 heteroatoms. The maximum absolute atomic E-state index is 6.15. The first-order chi connectivity index (χ1) is 7.65. The van der Waals surface area contributed by atoms with Crippen molar-refractivity contribution in [3.8, 4) is 5.75 Å². The van der Waals surface area contributed by atoms with Crippen molar-refractivity contribution in [2.24, 2.45) is 12.8 Å². The fourth-order valence-electron chi connectivity index (χ4n) is 1.61. The van der Waals surface area contributed by atoms with Gasteiger partial charge in [-0.15, -0.1) is 0 Å². The summed E-state index contributed by atoms with van der Waals surface area (Å²) in [7, 11) is 3.42. The molecule has 0 bridgehead atoms. The zero-order chi connectivity index (χ0) is 11.7. The van der Waals surface area contributed by atoms with Crippen LogP contribution >= 0.6 is 15.9 Å². The number of aryl methyl sites for hydroxylation is 1. The van der Waals surface area contributed by atoms with E-state index in [1.807, 2.05) is 13.1 Å². The average Bonchev–Trinajstić information content (AvgIpc) is 2.83. The van der Waals surface area contributed by atoms with Crippen molar-refractivity contribution in [3.63, 3.8) is 0 Å². The van der Waals surface area contributed by atoms with Crippen LogP contribution in [-0.4, -0.2) is 16.9 Å². The van der Waals surface area contributed by atoms with Crippen LogP contribution in [0.2, 0.25) is 0 Å². The molecule has 2 N–H and O–H groups in total. The minimum absolute atomic E-state index is 0.337. The van der Waals surface area contributed by atoms with E-state index in [0.29, 0.717) is 10.4 Å². The first kappa shape index (κ1) is 11.2. The van der Waals surface area contributed by atoms with Crippen LogP contribution in [0.3, 0.4) is 0 Å². The maximum atomic E-state index is 6.15. The third-order valence-electron chi connectivity index (χ3n) is 2.44. The van der Waals surface area contributed by atoms with Crippen LogP contribution in [-0.2, 0) is 7.05 Å². The number of rotatable bonds is 3. The van der Waals surface area contributed by atoms with Gasteiger partial charge in [-0.3, -0.25) is 4.68 Å². The Kier molecular flexibility index (Phi) is 3.02. The zero-order valence-corrected chi connectivity index (χ0v) is 10.6. The predicted octanol–water partition coefficient (Wildman–Crippen LogP) is 1.83. The Balaban J connectivity index is 2.44. The highest BCUT2D eigenvalue weighted by molar-refractivity contribution is 9.10. The molecule has 2 heterocycles. The summed E-state index contributed by atoms with van der Waals surface area (Å²) in [5, 5.41) is 4.11. The number of ether oxygens (including phenoxy) is 1. The summed E-state index contributed by atoms with van der Waals surface area (Å²) in [6.45, 7) is 0. The van der Waals surface area contributed by atoms with Gasteiger partial charge in [-0.1, -0.05) is 0 Å². The molecule has 0 aliphatic rings. The van der Waals surface area contributed by atoms with Gasteiger partial charge in [0.05, 0.1) is 25.6 Å². The van der Waals surface area contributed by atoms with Gasteiger partial charge < -0.3 is 14.9 Å². The number of halogens is 1. The van der Waals surface area contributed by atoms with E-state index in [1.165, 1.54) is 0 Å². The molecule has 1 atom stereocenters. The molecular formula is C10H12BrN3O2.